The second kappa shape index (κ2) is 10.8. The maximum atomic E-state index is 13.8. The molecule has 9 heteroatoms. The first-order chi connectivity index (χ1) is 16.5. The van der Waals surface area contributed by atoms with Gasteiger partial charge in [-0.1, -0.05) is 48.2 Å². The molecule has 0 aliphatic heterocycles. The molecule has 34 heavy (non-hydrogen) atoms. The van der Waals surface area contributed by atoms with Crippen LogP contribution >= 0.6 is 11.8 Å². The van der Waals surface area contributed by atoms with Crippen LogP contribution in [0.4, 0.5) is 10.1 Å². The van der Waals surface area contributed by atoms with Crippen LogP contribution in [0.25, 0.3) is 5.69 Å². The zero-order valence-corrected chi connectivity index (χ0v) is 19.5. The minimum Gasteiger partial charge on any atom is -0.497 e. The van der Waals surface area contributed by atoms with Crippen molar-refractivity contribution in [3.05, 3.63) is 90.5 Å². The van der Waals surface area contributed by atoms with Crippen LogP contribution in [0.1, 0.15) is 18.9 Å². The molecule has 0 aliphatic carbocycles. The third-order valence-electron chi connectivity index (χ3n) is 4.87. The van der Waals surface area contributed by atoms with E-state index in [1.807, 2.05) is 60.0 Å². The summed E-state index contributed by atoms with van der Waals surface area (Å²) < 4.78 is 27.1. The molecule has 0 bridgehead atoms. The maximum absolute atomic E-state index is 13.8. The SMILES string of the molecule is COc1cccc(OC(C)c2nnc(SCC(=O)Nc3ccccc3F)n2-c2ccccc2)c1. The van der Waals surface area contributed by atoms with Crippen LogP contribution < -0.4 is 14.8 Å². The Balaban J connectivity index is 1.54. The number of thioether (sulfide) groups is 1. The number of ether oxygens (including phenoxy) is 2. The van der Waals surface area contributed by atoms with Crippen LogP contribution in [0.2, 0.25) is 0 Å². The van der Waals surface area contributed by atoms with Crippen molar-refractivity contribution in [3.8, 4) is 17.2 Å². The predicted molar refractivity (Wildman–Crippen MR) is 129 cm³/mol. The minimum absolute atomic E-state index is 0.0322. The fourth-order valence-electron chi connectivity index (χ4n) is 3.27. The van der Waals surface area contributed by atoms with E-state index in [1.165, 1.54) is 23.9 Å². The molecule has 1 N–H and O–H groups in total. The number of methoxy groups -OCH3 is 1. The van der Waals surface area contributed by atoms with Gasteiger partial charge in [-0.2, -0.15) is 0 Å². The highest BCUT2D eigenvalue weighted by molar-refractivity contribution is 7.99. The molecular formula is C25H23FN4O3S. The molecule has 7 nitrogen and oxygen atoms in total. The quantitative estimate of drug-likeness (QED) is 0.330. The van der Waals surface area contributed by atoms with Crippen molar-refractivity contribution in [2.24, 2.45) is 0 Å². The molecule has 1 heterocycles. The fourth-order valence-corrected chi connectivity index (χ4v) is 4.03. The lowest BCUT2D eigenvalue weighted by molar-refractivity contribution is -0.113. The number of halogens is 1. The molecule has 1 aromatic heterocycles. The molecule has 1 unspecified atom stereocenters. The van der Waals surface area contributed by atoms with E-state index in [-0.39, 0.29) is 17.3 Å². The molecule has 4 rings (SSSR count). The highest BCUT2D eigenvalue weighted by Crippen LogP contribution is 2.29. The van der Waals surface area contributed by atoms with E-state index in [0.717, 1.165) is 5.69 Å². The lowest BCUT2D eigenvalue weighted by Gasteiger charge is -2.17. The number of nitrogens with one attached hydrogen (secondary N) is 1. The van der Waals surface area contributed by atoms with E-state index in [1.54, 1.807) is 25.3 Å². The van der Waals surface area contributed by atoms with Crippen LogP contribution in [-0.4, -0.2) is 33.5 Å². The fraction of sp³-hybridized carbons (Fsp3) is 0.160. The first-order valence-electron chi connectivity index (χ1n) is 10.5. The van der Waals surface area contributed by atoms with Gasteiger partial charge < -0.3 is 14.8 Å². The first kappa shape index (κ1) is 23.3. The smallest absolute Gasteiger partial charge is 0.234 e. The second-order valence-electron chi connectivity index (χ2n) is 7.27. The summed E-state index contributed by atoms with van der Waals surface area (Å²) in [6.07, 6.45) is -0.443. The highest BCUT2D eigenvalue weighted by Gasteiger charge is 2.22. The van der Waals surface area contributed by atoms with E-state index in [2.05, 4.69) is 15.5 Å². The summed E-state index contributed by atoms with van der Waals surface area (Å²) in [4.78, 5) is 12.4. The van der Waals surface area contributed by atoms with Gasteiger partial charge >= 0.3 is 0 Å². The van der Waals surface area contributed by atoms with Crippen molar-refractivity contribution < 1.29 is 18.7 Å². The van der Waals surface area contributed by atoms with E-state index in [4.69, 9.17) is 9.47 Å². The van der Waals surface area contributed by atoms with E-state index >= 15 is 0 Å². The first-order valence-corrected chi connectivity index (χ1v) is 11.5. The molecule has 0 saturated carbocycles. The molecule has 0 fully saturated rings. The average molecular weight is 479 g/mol. The molecule has 0 saturated heterocycles. The summed E-state index contributed by atoms with van der Waals surface area (Å²) in [6, 6.07) is 22.9. The van der Waals surface area contributed by atoms with Crippen molar-refractivity contribution >= 4 is 23.4 Å². The lowest BCUT2D eigenvalue weighted by Crippen LogP contribution is -2.16. The molecule has 3 aromatic carbocycles. The van der Waals surface area contributed by atoms with Crippen LogP contribution in [0, 0.1) is 5.82 Å². The molecule has 0 radical (unpaired) electrons. The van der Waals surface area contributed by atoms with Crippen molar-refractivity contribution in [1.82, 2.24) is 14.8 Å². The van der Waals surface area contributed by atoms with Crippen LogP contribution in [0.3, 0.4) is 0 Å². The minimum atomic E-state index is -0.487. The summed E-state index contributed by atoms with van der Waals surface area (Å²) in [6.45, 7) is 1.88. The monoisotopic (exact) mass is 478 g/mol. The van der Waals surface area contributed by atoms with Gasteiger partial charge in [-0.15, -0.1) is 10.2 Å². The summed E-state index contributed by atoms with van der Waals surface area (Å²) in [5.41, 5.74) is 0.972. The number of benzene rings is 3. The molecule has 1 atom stereocenters. The van der Waals surface area contributed by atoms with Crippen molar-refractivity contribution in [2.45, 2.75) is 18.2 Å². The van der Waals surface area contributed by atoms with Gasteiger partial charge in [0.1, 0.15) is 17.3 Å². The molecular weight excluding hydrogens is 455 g/mol. The molecule has 0 aliphatic rings. The second-order valence-corrected chi connectivity index (χ2v) is 8.21. The number of amides is 1. The number of hydrogen-bond donors (Lipinski definition) is 1. The summed E-state index contributed by atoms with van der Waals surface area (Å²) in [5, 5.41) is 11.8. The number of nitrogens with zero attached hydrogens (tertiary/aromatic N) is 3. The molecule has 1 amide bonds. The number of anilines is 1. The average Bonchev–Trinajstić information content (AvgIpc) is 3.29. The van der Waals surface area contributed by atoms with Gasteiger partial charge in [0, 0.05) is 11.8 Å². The Kier molecular flexibility index (Phi) is 7.44. The van der Waals surface area contributed by atoms with Crippen LogP contribution in [0.5, 0.6) is 11.5 Å². The lowest BCUT2D eigenvalue weighted by atomic mass is 10.3. The Labute approximate surface area is 200 Å². The van der Waals surface area contributed by atoms with Crippen LogP contribution in [-0.2, 0) is 4.79 Å². The van der Waals surface area contributed by atoms with E-state index < -0.39 is 11.9 Å². The molecule has 0 spiro atoms. The Hall–Kier alpha value is -3.85. The van der Waals surface area contributed by atoms with Gasteiger partial charge in [0.15, 0.2) is 17.1 Å². The number of carbonyl (C=O) groups is 1. The zero-order chi connectivity index (χ0) is 23.9. The maximum Gasteiger partial charge on any atom is 0.234 e. The van der Waals surface area contributed by atoms with Crippen molar-refractivity contribution in [3.63, 3.8) is 0 Å². The van der Waals surface area contributed by atoms with Crippen LogP contribution in [0.15, 0.2) is 84.0 Å². The summed E-state index contributed by atoms with van der Waals surface area (Å²) in [5.74, 6) is 1.09. The Bertz CT molecular complexity index is 1270. The standard InChI is InChI=1S/C25H23FN4O3S/c1-17(33-20-12-8-11-19(15-20)32-2)24-28-29-25(30(24)18-9-4-3-5-10-18)34-16-23(31)27-22-14-7-6-13-21(22)26/h3-15,17H,16H2,1-2H3,(H,27,31). The van der Waals surface area contributed by atoms with E-state index in [9.17, 15) is 9.18 Å². The van der Waals surface area contributed by atoms with Gasteiger partial charge in [0.25, 0.3) is 0 Å². The summed E-state index contributed by atoms with van der Waals surface area (Å²) in [7, 11) is 1.60. The number of hydrogen-bond acceptors (Lipinski definition) is 6. The largest absolute Gasteiger partial charge is 0.497 e. The number of rotatable bonds is 9. The third kappa shape index (κ3) is 5.55. The number of carbonyl (C=O) groups excluding carboxylic acids is 1. The highest BCUT2D eigenvalue weighted by atomic mass is 32.2. The van der Waals surface area contributed by atoms with Gasteiger partial charge in [-0.05, 0) is 43.3 Å². The molecule has 174 valence electrons. The number of para-hydroxylation sites is 2. The predicted octanol–water partition coefficient (Wildman–Crippen LogP) is 5.29. The number of aromatic nitrogens is 3. The molecule has 4 aromatic rings. The third-order valence-corrected chi connectivity index (χ3v) is 5.80. The summed E-state index contributed by atoms with van der Waals surface area (Å²) >= 11 is 1.21. The normalized spacial score (nSPS) is 11.6. The topological polar surface area (TPSA) is 78.3 Å². The zero-order valence-electron chi connectivity index (χ0n) is 18.6. The van der Waals surface area contributed by atoms with Gasteiger partial charge in [-0.25, -0.2) is 4.39 Å². The van der Waals surface area contributed by atoms with Crippen molar-refractivity contribution in [1.29, 1.82) is 0 Å². The van der Waals surface area contributed by atoms with Gasteiger partial charge in [0.2, 0.25) is 5.91 Å². The Morgan fingerprint density at radius 1 is 1.03 bits per heavy atom. The van der Waals surface area contributed by atoms with Gasteiger partial charge in [-0.3, -0.25) is 9.36 Å². The van der Waals surface area contributed by atoms with E-state index in [0.29, 0.717) is 22.5 Å². The van der Waals surface area contributed by atoms with Gasteiger partial charge in [0.05, 0.1) is 18.6 Å². The Morgan fingerprint density at radius 3 is 2.53 bits per heavy atom. The Morgan fingerprint density at radius 2 is 1.76 bits per heavy atom. The van der Waals surface area contributed by atoms with Crippen molar-refractivity contribution in [2.75, 3.05) is 18.2 Å².